The summed E-state index contributed by atoms with van der Waals surface area (Å²) in [5, 5.41) is 10.7. The average molecular weight is 474 g/mol. The predicted molar refractivity (Wildman–Crippen MR) is 123 cm³/mol. The molecule has 33 heavy (non-hydrogen) atoms. The van der Waals surface area contributed by atoms with E-state index >= 15 is 0 Å². The summed E-state index contributed by atoms with van der Waals surface area (Å²) in [7, 11) is 0. The molecule has 5 rings (SSSR count). The number of nitrogens with zero attached hydrogens (tertiary/aromatic N) is 3. The Morgan fingerprint density at radius 3 is 2.97 bits per heavy atom. The smallest absolute Gasteiger partial charge is 0.250 e. The largest absolute Gasteiger partial charge is 0.366 e. The second-order valence-corrected chi connectivity index (χ2v) is 8.86. The Hall–Kier alpha value is -2.82. The number of nitrogens with one attached hydrogen (secondary N) is 4. The summed E-state index contributed by atoms with van der Waals surface area (Å²) in [4.78, 5) is 28.4. The quantitative estimate of drug-likeness (QED) is 0.450. The number of aromatic amines is 1. The van der Waals surface area contributed by atoms with Crippen LogP contribution < -0.4 is 16.0 Å². The number of anilines is 1. The fourth-order valence-electron chi connectivity index (χ4n) is 4.43. The van der Waals surface area contributed by atoms with Crippen LogP contribution in [0.15, 0.2) is 24.7 Å². The van der Waals surface area contributed by atoms with Crippen LogP contribution in [0, 0.1) is 5.82 Å². The third-order valence-electron chi connectivity index (χ3n) is 6.06. The van der Waals surface area contributed by atoms with Crippen molar-refractivity contribution in [2.75, 3.05) is 25.0 Å². The van der Waals surface area contributed by atoms with Crippen molar-refractivity contribution in [2.45, 2.75) is 43.9 Å². The fourth-order valence-corrected chi connectivity index (χ4v) is 4.59. The molecule has 9 nitrogen and oxygen atoms in total. The van der Waals surface area contributed by atoms with Gasteiger partial charge in [0.1, 0.15) is 11.8 Å². The second-order valence-electron chi connectivity index (χ2n) is 8.42. The molecule has 11 heteroatoms. The maximum absolute atomic E-state index is 14.6. The van der Waals surface area contributed by atoms with E-state index in [1.807, 2.05) is 0 Å². The lowest BCUT2D eigenvalue weighted by Crippen LogP contribution is -2.51. The highest BCUT2D eigenvalue weighted by molar-refractivity contribution is 6.31. The van der Waals surface area contributed by atoms with Crippen LogP contribution >= 0.6 is 11.6 Å². The number of fused-ring (bicyclic) bond motifs is 1. The van der Waals surface area contributed by atoms with Gasteiger partial charge in [0.05, 0.1) is 17.8 Å². The molecule has 2 aliphatic rings. The van der Waals surface area contributed by atoms with Crippen molar-refractivity contribution in [3.05, 3.63) is 35.5 Å². The number of morpholine rings is 1. The Bertz CT molecular complexity index is 1150. The van der Waals surface area contributed by atoms with Gasteiger partial charge in [0.15, 0.2) is 17.5 Å². The van der Waals surface area contributed by atoms with Crippen LogP contribution in [-0.4, -0.2) is 63.7 Å². The van der Waals surface area contributed by atoms with Gasteiger partial charge in [-0.2, -0.15) is 0 Å². The first-order valence-electron chi connectivity index (χ1n) is 11.1. The minimum absolute atomic E-state index is 0.000444. The summed E-state index contributed by atoms with van der Waals surface area (Å²) in [5.41, 5.74) is 1.35. The summed E-state index contributed by atoms with van der Waals surface area (Å²) in [6.07, 6.45) is 7.32. The second kappa shape index (κ2) is 9.58. The van der Waals surface area contributed by atoms with Crippen molar-refractivity contribution >= 4 is 34.4 Å². The van der Waals surface area contributed by atoms with E-state index in [0.29, 0.717) is 41.6 Å². The van der Waals surface area contributed by atoms with Crippen LogP contribution in [0.2, 0.25) is 5.02 Å². The monoisotopic (exact) mass is 473 g/mol. The highest BCUT2D eigenvalue weighted by Crippen LogP contribution is 2.29. The molecule has 1 saturated carbocycles. The molecule has 0 spiro atoms. The van der Waals surface area contributed by atoms with Gasteiger partial charge in [-0.15, -0.1) is 0 Å². The maximum atomic E-state index is 14.6. The summed E-state index contributed by atoms with van der Waals surface area (Å²) in [6, 6.07) is 1.75. The number of hydrogen-bond donors (Lipinski definition) is 4. The molecular formula is C22H25ClFN7O2. The van der Waals surface area contributed by atoms with E-state index in [1.54, 1.807) is 18.5 Å². The van der Waals surface area contributed by atoms with Gasteiger partial charge in [-0.1, -0.05) is 11.6 Å². The van der Waals surface area contributed by atoms with E-state index in [-0.39, 0.29) is 23.8 Å². The molecule has 1 saturated heterocycles. The van der Waals surface area contributed by atoms with Crippen LogP contribution in [0.3, 0.4) is 0 Å². The highest BCUT2D eigenvalue weighted by Gasteiger charge is 2.28. The standard InChI is InChI=1S/C22H25ClFN7O2/c23-12-6-15-16(9-27-19(15)26-8-12)20-28-10-17(24)21(31-20)29-13-2-1-3-14(7-13)30-22(32)18-11-25-4-5-33-18/h6,8-10,13-14,18,25H,1-5,7,11H2,(H,26,27)(H,30,32)(H,28,29,31)/t13?,14-,18?/m1/s1. The molecule has 0 bridgehead atoms. The van der Waals surface area contributed by atoms with Crippen LogP contribution in [0.4, 0.5) is 10.2 Å². The first kappa shape index (κ1) is 22.0. The number of carbonyl (C=O) groups is 1. The molecule has 4 heterocycles. The van der Waals surface area contributed by atoms with Crippen molar-refractivity contribution in [1.82, 2.24) is 30.6 Å². The van der Waals surface area contributed by atoms with Crippen molar-refractivity contribution in [3.8, 4) is 11.4 Å². The number of halogens is 2. The molecule has 2 fully saturated rings. The predicted octanol–water partition coefficient (Wildman–Crippen LogP) is 2.64. The normalized spacial score (nSPS) is 23.4. The van der Waals surface area contributed by atoms with E-state index in [4.69, 9.17) is 16.3 Å². The van der Waals surface area contributed by atoms with Gasteiger partial charge >= 0.3 is 0 Å². The number of amides is 1. The van der Waals surface area contributed by atoms with E-state index < -0.39 is 11.9 Å². The molecule has 174 valence electrons. The lowest BCUT2D eigenvalue weighted by Gasteiger charge is -2.32. The van der Waals surface area contributed by atoms with Crippen LogP contribution in [0.25, 0.3) is 22.4 Å². The number of pyridine rings is 1. The molecule has 1 amide bonds. The minimum atomic E-state index is -0.525. The molecule has 3 atom stereocenters. The van der Waals surface area contributed by atoms with Crippen molar-refractivity contribution < 1.29 is 13.9 Å². The van der Waals surface area contributed by atoms with Gasteiger partial charge in [-0.05, 0) is 31.7 Å². The fraction of sp³-hybridized carbons (Fsp3) is 0.455. The van der Waals surface area contributed by atoms with Gasteiger partial charge in [0, 0.05) is 48.5 Å². The lowest BCUT2D eigenvalue weighted by molar-refractivity contribution is -0.135. The Morgan fingerprint density at radius 2 is 2.12 bits per heavy atom. The van der Waals surface area contributed by atoms with Gasteiger partial charge < -0.3 is 25.7 Å². The zero-order valence-corrected chi connectivity index (χ0v) is 18.7. The molecule has 0 radical (unpaired) electrons. The summed E-state index contributed by atoms with van der Waals surface area (Å²) in [5.74, 6) is -0.115. The number of rotatable bonds is 5. The van der Waals surface area contributed by atoms with E-state index in [1.165, 1.54) is 0 Å². The zero-order chi connectivity index (χ0) is 22.8. The van der Waals surface area contributed by atoms with Crippen molar-refractivity contribution in [1.29, 1.82) is 0 Å². The molecular weight excluding hydrogens is 449 g/mol. The summed E-state index contributed by atoms with van der Waals surface area (Å²) >= 11 is 6.09. The highest BCUT2D eigenvalue weighted by atomic mass is 35.5. The molecule has 1 aliphatic carbocycles. The minimum Gasteiger partial charge on any atom is -0.366 e. The van der Waals surface area contributed by atoms with Gasteiger partial charge in [0.2, 0.25) is 0 Å². The molecule has 0 aromatic carbocycles. The molecule has 1 aliphatic heterocycles. The van der Waals surface area contributed by atoms with E-state index in [0.717, 1.165) is 37.4 Å². The molecule has 3 aromatic heterocycles. The molecule has 4 N–H and O–H groups in total. The third kappa shape index (κ3) is 4.92. The molecule has 2 unspecified atom stereocenters. The Labute approximate surface area is 194 Å². The van der Waals surface area contributed by atoms with Gasteiger partial charge in [-0.25, -0.2) is 19.3 Å². The van der Waals surface area contributed by atoms with E-state index in [2.05, 4.69) is 35.9 Å². The number of aromatic nitrogens is 4. The number of hydrogen-bond acceptors (Lipinski definition) is 7. The number of ether oxygens (including phenoxy) is 1. The Kier molecular flexibility index (Phi) is 6.39. The third-order valence-corrected chi connectivity index (χ3v) is 6.27. The lowest BCUT2D eigenvalue weighted by atomic mass is 9.90. The van der Waals surface area contributed by atoms with Crippen molar-refractivity contribution in [3.63, 3.8) is 0 Å². The van der Waals surface area contributed by atoms with Crippen LogP contribution in [0.1, 0.15) is 25.7 Å². The van der Waals surface area contributed by atoms with Gasteiger partial charge in [-0.3, -0.25) is 4.79 Å². The van der Waals surface area contributed by atoms with Crippen molar-refractivity contribution in [2.24, 2.45) is 0 Å². The maximum Gasteiger partial charge on any atom is 0.250 e. The van der Waals surface area contributed by atoms with Crippen LogP contribution in [-0.2, 0) is 9.53 Å². The topological polar surface area (TPSA) is 117 Å². The Balaban J connectivity index is 1.28. The summed E-state index contributed by atoms with van der Waals surface area (Å²) in [6.45, 7) is 1.80. The average Bonchev–Trinajstić information content (AvgIpc) is 3.24. The van der Waals surface area contributed by atoms with E-state index in [9.17, 15) is 9.18 Å². The first-order valence-corrected chi connectivity index (χ1v) is 11.5. The SMILES string of the molecule is O=C(N[C@@H]1CCCC(Nc2nc(-c3c[nH]c4ncc(Cl)cc34)ncc2F)C1)C1CNCCO1. The number of H-pyrrole nitrogens is 1. The number of carbonyl (C=O) groups excluding carboxylic acids is 1. The Morgan fingerprint density at radius 1 is 1.24 bits per heavy atom. The zero-order valence-electron chi connectivity index (χ0n) is 17.9. The van der Waals surface area contributed by atoms with Crippen LogP contribution in [0.5, 0.6) is 0 Å². The van der Waals surface area contributed by atoms with Gasteiger partial charge in [0.25, 0.3) is 5.91 Å². The first-order chi connectivity index (χ1) is 16.1. The summed E-state index contributed by atoms with van der Waals surface area (Å²) < 4.78 is 20.1. The molecule has 3 aromatic rings.